The summed E-state index contributed by atoms with van der Waals surface area (Å²) in [4.78, 5) is 32.7. The van der Waals surface area contributed by atoms with E-state index in [1.165, 1.54) is 49.9 Å². The minimum Gasteiger partial charge on any atom is -0.487 e. The normalized spacial score (nSPS) is 11.8. The fourth-order valence-corrected chi connectivity index (χ4v) is 3.89. The van der Waals surface area contributed by atoms with Crippen molar-refractivity contribution in [3.8, 4) is 5.75 Å². The van der Waals surface area contributed by atoms with Gasteiger partial charge in [-0.2, -0.15) is 0 Å². The number of nitrogens with zero attached hydrogens (tertiary/aromatic N) is 2. The Kier molecular flexibility index (Phi) is 6.46. The first-order chi connectivity index (χ1) is 14.3. The molecule has 0 aliphatic carbocycles. The maximum Gasteiger partial charge on any atom is 0.348 e. The Labute approximate surface area is 176 Å². The van der Waals surface area contributed by atoms with Crippen LogP contribution in [-0.4, -0.2) is 41.6 Å². The van der Waals surface area contributed by atoms with Crippen molar-refractivity contribution >= 4 is 44.9 Å². The van der Waals surface area contributed by atoms with E-state index >= 15 is 0 Å². The predicted octanol–water partition coefficient (Wildman–Crippen LogP) is 3.57. The number of thiophene rings is 1. The molecule has 2 heterocycles. The van der Waals surface area contributed by atoms with Gasteiger partial charge in [-0.05, 0) is 31.5 Å². The van der Waals surface area contributed by atoms with E-state index in [9.17, 15) is 14.0 Å². The Hall–Kier alpha value is -3.27. The zero-order valence-electron chi connectivity index (χ0n) is 16.9. The van der Waals surface area contributed by atoms with Crippen LogP contribution in [0.3, 0.4) is 0 Å². The van der Waals surface area contributed by atoms with Crippen molar-refractivity contribution in [2.75, 3.05) is 19.0 Å². The van der Waals surface area contributed by atoms with Gasteiger partial charge >= 0.3 is 5.97 Å². The van der Waals surface area contributed by atoms with Crippen molar-refractivity contribution in [2.24, 2.45) is 0 Å². The molecular formula is C20H21FN4O4S. The Morgan fingerprint density at radius 1 is 1.30 bits per heavy atom. The summed E-state index contributed by atoms with van der Waals surface area (Å²) in [7, 11) is 1.32. The lowest BCUT2D eigenvalue weighted by Crippen LogP contribution is -2.32. The summed E-state index contributed by atoms with van der Waals surface area (Å²) < 4.78 is 24.5. The first kappa shape index (κ1) is 21.4. The van der Waals surface area contributed by atoms with Crippen molar-refractivity contribution in [3.63, 3.8) is 0 Å². The number of rotatable bonds is 7. The second-order valence-corrected chi connectivity index (χ2v) is 7.58. The number of benzene rings is 1. The van der Waals surface area contributed by atoms with Crippen molar-refractivity contribution < 1.29 is 23.5 Å². The minimum atomic E-state index is -0.463. The average molecular weight is 432 g/mol. The SMILES string of the molecule is COC(=O)c1sc2ncnc(Nc3ccc(F)cc3OC(C)CNC(C)=O)c2c1C. The highest BCUT2D eigenvalue weighted by Crippen LogP contribution is 2.36. The van der Waals surface area contributed by atoms with E-state index in [0.29, 0.717) is 32.2 Å². The third kappa shape index (κ3) is 4.65. The Morgan fingerprint density at radius 3 is 2.77 bits per heavy atom. The Bertz CT molecular complexity index is 1100. The maximum absolute atomic E-state index is 13.8. The highest BCUT2D eigenvalue weighted by Gasteiger charge is 2.20. The molecule has 1 unspecified atom stereocenters. The van der Waals surface area contributed by atoms with Crippen LogP contribution in [-0.2, 0) is 9.53 Å². The summed E-state index contributed by atoms with van der Waals surface area (Å²) in [6.07, 6.45) is 0.987. The van der Waals surface area contributed by atoms with Gasteiger partial charge in [0.1, 0.15) is 39.5 Å². The fourth-order valence-electron chi connectivity index (χ4n) is 2.82. The van der Waals surface area contributed by atoms with Crippen LogP contribution in [0.15, 0.2) is 24.5 Å². The van der Waals surface area contributed by atoms with Crippen LogP contribution in [0.25, 0.3) is 10.2 Å². The number of carbonyl (C=O) groups excluding carboxylic acids is 2. The molecule has 0 aliphatic rings. The van der Waals surface area contributed by atoms with Crippen LogP contribution < -0.4 is 15.4 Å². The summed E-state index contributed by atoms with van der Waals surface area (Å²) in [5, 5.41) is 6.48. The third-order valence-electron chi connectivity index (χ3n) is 4.26. The second kappa shape index (κ2) is 9.04. The molecule has 0 aliphatic heterocycles. The summed E-state index contributed by atoms with van der Waals surface area (Å²) in [5.74, 6) is -0.370. The molecule has 8 nitrogen and oxygen atoms in total. The summed E-state index contributed by atoms with van der Waals surface area (Å²) >= 11 is 1.21. The number of amides is 1. The first-order valence-corrected chi connectivity index (χ1v) is 9.91. The van der Waals surface area contributed by atoms with Gasteiger partial charge in [-0.25, -0.2) is 19.2 Å². The number of methoxy groups -OCH3 is 1. The molecule has 0 saturated heterocycles. The van der Waals surface area contributed by atoms with Gasteiger partial charge in [0.2, 0.25) is 5.91 Å². The number of hydrogen-bond donors (Lipinski definition) is 2. The molecule has 2 aromatic heterocycles. The van der Waals surface area contributed by atoms with Gasteiger partial charge in [-0.1, -0.05) is 0 Å². The van der Waals surface area contributed by atoms with Crippen LogP contribution in [0.4, 0.5) is 15.9 Å². The number of ether oxygens (including phenoxy) is 2. The molecule has 10 heteroatoms. The van der Waals surface area contributed by atoms with Gasteiger partial charge in [0, 0.05) is 13.0 Å². The van der Waals surface area contributed by atoms with Gasteiger partial charge in [0.25, 0.3) is 0 Å². The van der Waals surface area contributed by atoms with E-state index in [4.69, 9.17) is 9.47 Å². The van der Waals surface area contributed by atoms with E-state index in [2.05, 4.69) is 20.6 Å². The van der Waals surface area contributed by atoms with E-state index in [0.717, 1.165) is 0 Å². The number of nitrogens with one attached hydrogen (secondary N) is 2. The van der Waals surface area contributed by atoms with Crippen LogP contribution in [0.5, 0.6) is 5.75 Å². The zero-order valence-corrected chi connectivity index (χ0v) is 17.7. The lowest BCUT2D eigenvalue weighted by atomic mass is 10.2. The van der Waals surface area contributed by atoms with Crippen molar-refractivity contribution in [1.82, 2.24) is 15.3 Å². The van der Waals surface area contributed by atoms with E-state index < -0.39 is 17.9 Å². The zero-order chi connectivity index (χ0) is 21.8. The summed E-state index contributed by atoms with van der Waals surface area (Å²) in [6.45, 7) is 5.24. The summed E-state index contributed by atoms with van der Waals surface area (Å²) in [5.41, 5.74) is 1.17. The number of fused-ring (bicyclic) bond motifs is 1. The number of aromatic nitrogens is 2. The number of esters is 1. The standard InChI is InChI=1S/C20H21FN4O4S/c1-10(8-22-12(3)26)29-15-7-13(21)5-6-14(15)25-18-16-11(2)17(20(27)28-4)30-19(16)24-9-23-18/h5-7,9-10H,8H2,1-4H3,(H,22,26)(H,23,24,25). The molecule has 0 saturated carbocycles. The van der Waals surface area contributed by atoms with Crippen molar-refractivity contribution in [2.45, 2.75) is 26.9 Å². The van der Waals surface area contributed by atoms with E-state index in [-0.39, 0.29) is 18.2 Å². The number of anilines is 2. The van der Waals surface area contributed by atoms with Crippen molar-refractivity contribution in [1.29, 1.82) is 0 Å². The van der Waals surface area contributed by atoms with Gasteiger partial charge in [0.05, 0.1) is 24.7 Å². The van der Waals surface area contributed by atoms with Crippen LogP contribution in [0.2, 0.25) is 0 Å². The monoisotopic (exact) mass is 432 g/mol. The first-order valence-electron chi connectivity index (χ1n) is 9.10. The highest BCUT2D eigenvalue weighted by molar-refractivity contribution is 7.20. The molecule has 1 atom stereocenters. The smallest absolute Gasteiger partial charge is 0.348 e. The summed E-state index contributed by atoms with van der Waals surface area (Å²) in [6, 6.07) is 4.09. The second-order valence-electron chi connectivity index (χ2n) is 6.58. The maximum atomic E-state index is 13.8. The highest BCUT2D eigenvalue weighted by atomic mass is 32.1. The molecule has 158 valence electrons. The number of carbonyl (C=O) groups is 2. The van der Waals surface area contributed by atoms with Gasteiger partial charge in [0.15, 0.2) is 0 Å². The van der Waals surface area contributed by atoms with E-state index in [1.54, 1.807) is 13.8 Å². The van der Waals surface area contributed by atoms with Gasteiger partial charge in [-0.3, -0.25) is 4.79 Å². The molecule has 1 amide bonds. The third-order valence-corrected chi connectivity index (χ3v) is 5.44. The molecule has 0 bridgehead atoms. The Morgan fingerprint density at radius 2 is 2.07 bits per heavy atom. The molecule has 0 fully saturated rings. The molecule has 0 spiro atoms. The average Bonchev–Trinajstić information content (AvgIpc) is 3.05. The van der Waals surface area contributed by atoms with Crippen LogP contribution >= 0.6 is 11.3 Å². The predicted molar refractivity (Wildman–Crippen MR) is 112 cm³/mol. The molecule has 0 radical (unpaired) electrons. The quantitative estimate of drug-likeness (QED) is 0.550. The van der Waals surface area contributed by atoms with Gasteiger partial charge < -0.3 is 20.1 Å². The van der Waals surface area contributed by atoms with Crippen LogP contribution in [0, 0.1) is 12.7 Å². The largest absolute Gasteiger partial charge is 0.487 e. The number of halogens is 1. The number of aryl methyl sites for hydroxylation is 1. The molecule has 1 aromatic carbocycles. The number of hydrogen-bond acceptors (Lipinski definition) is 8. The minimum absolute atomic E-state index is 0.180. The van der Waals surface area contributed by atoms with Gasteiger partial charge in [-0.15, -0.1) is 11.3 Å². The molecule has 3 aromatic rings. The molecular weight excluding hydrogens is 411 g/mol. The molecule has 30 heavy (non-hydrogen) atoms. The fraction of sp³-hybridized carbons (Fsp3) is 0.300. The Balaban J connectivity index is 1.95. The lowest BCUT2D eigenvalue weighted by Gasteiger charge is -2.18. The van der Waals surface area contributed by atoms with Crippen molar-refractivity contribution in [3.05, 3.63) is 40.8 Å². The van der Waals surface area contributed by atoms with Crippen LogP contribution in [0.1, 0.15) is 29.1 Å². The topological polar surface area (TPSA) is 102 Å². The van der Waals surface area contributed by atoms with E-state index in [1.807, 2.05) is 0 Å². The lowest BCUT2D eigenvalue weighted by molar-refractivity contribution is -0.119. The molecule has 2 N–H and O–H groups in total. The molecule has 3 rings (SSSR count).